The Morgan fingerprint density at radius 2 is 1.61 bits per heavy atom. The van der Waals surface area contributed by atoms with Crippen molar-refractivity contribution < 1.29 is 24.1 Å². The molecule has 0 spiro atoms. The lowest BCUT2D eigenvalue weighted by Gasteiger charge is -2.37. The van der Waals surface area contributed by atoms with Gasteiger partial charge in [0.05, 0.1) is 39.6 Å². The largest absolute Gasteiger partial charge is 0.497 e. The van der Waals surface area contributed by atoms with E-state index in [2.05, 4.69) is 19.9 Å². The Morgan fingerprint density at radius 1 is 1.00 bits per heavy atom. The number of aliphatic hydroxyl groups is 1. The zero-order chi connectivity index (χ0) is 32.3. The Bertz CT molecular complexity index is 1810. The van der Waals surface area contributed by atoms with Gasteiger partial charge in [0.25, 0.3) is 5.56 Å². The van der Waals surface area contributed by atoms with E-state index in [0.717, 1.165) is 28.2 Å². The van der Waals surface area contributed by atoms with Crippen molar-refractivity contribution in [3.63, 3.8) is 0 Å². The quantitative estimate of drug-likeness (QED) is 0.127. The third-order valence-electron chi connectivity index (χ3n) is 7.93. The lowest BCUT2D eigenvalue weighted by atomic mass is 9.80. The van der Waals surface area contributed by atoms with Crippen molar-refractivity contribution in [2.24, 2.45) is 4.99 Å². The third kappa shape index (κ3) is 5.97. The molecule has 2 N–H and O–H groups in total. The monoisotopic (exact) mass is 624 g/mol. The second-order valence-corrected chi connectivity index (χ2v) is 11.2. The van der Waals surface area contributed by atoms with Crippen LogP contribution in [0.5, 0.6) is 11.5 Å². The number of imidazole rings is 1. The molecule has 1 saturated heterocycles. The normalized spacial score (nSPS) is 18.3. The fourth-order valence-electron chi connectivity index (χ4n) is 5.71. The van der Waals surface area contributed by atoms with Gasteiger partial charge in [-0.05, 0) is 41.0 Å². The van der Waals surface area contributed by atoms with E-state index in [-0.39, 0.29) is 30.1 Å². The van der Waals surface area contributed by atoms with Gasteiger partial charge in [0.15, 0.2) is 17.4 Å². The Labute approximate surface area is 265 Å². The summed E-state index contributed by atoms with van der Waals surface area (Å²) in [5.41, 5.74) is 1.59. The molecule has 12 nitrogen and oxygen atoms in total. The molecule has 2 aromatic heterocycles. The molecule has 3 heterocycles. The predicted molar refractivity (Wildman–Crippen MR) is 173 cm³/mol. The van der Waals surface area contributed by atoms with Gasteiger partial charge in [0, 0.05) is 20.5 Å². The molecule has 1 aliphatic rings. The fourth-order valence-corrected chi connectivity index (χ4v) is 5.71. The Hall–Kier alpha value is -5.04. The predicted octanol–water partition coefficient (Wildman–Crippen LogP) is 4.02. The van der Waals surface area contributed by atoms with Crippen LogP contribution in [-0.4, -0.2) is 83.0 Å². The van der Waals surface area contributed by atoms with Crippen molar-refractivity contribution in [2.75, 3.05) is 34.9 Å². The second kappa shape index (κ2) is 13.1. The number of hydrogen-bond acceptors (Lipinski definition) is 9. The number of ether oxygens (including phenoxy) is 4. The number of aliphatic hydroxyl groups excluding tert-OH is 1. The van der Waals surface area contributed by atoms with Crippen LogP contribution in [0.25, 0.3) is 11.2 Å². The van der Waals surface area contributed by atoms with Crippen LogP contribution in [0.2, 0.25) is 0 Å². The van der Waals surface area contributed by atoms with E-state index in [0.29, 0.717) is 0 Å². The van der Waals surface area contributed by atoms with Crippen LogP contribution in [0.15, 0.2) is 95.0 Å². The van der Waals surface area contributed by atoms with Crippen molar-refractivity contribution in [1.29, 1.82) is 0 Å². The highest BCUT2D eigenvalue weighted by Crippen LogP contribution is 2.43. The number of fused-ring (bicyclic) bond motifs is 1. The van der Waals surface area contributed by atoms with Crippen LogP contribution >= 0.6 is 0 Å². The van der Waals surface area contributed by atoms with Crippen molar-refractivity contribution in [2.45, 2.75) is 30.5 Å². The number of aromatic amines is 1. The smallest absolute Gasteiger partial charge is 0.280 e. The Balaban J connectivity index is 1.34. The van der Waals surface area contributed by atoms with Crippen molar-refractivity contribution in [1.82, 2.24) is 24.4 Å². The maximum atomic E-state index is 12.7. The molecule has 1 fully saturated rings. The molecule has 0 unspecified atom stereocenters. The molecule has 5 aromatic rings. The maximum absolute atomic E-state index is 12.7. The number of aliphatic imine (C=N–C) groups is 1. The summed E-state index contributed by atoms with van der Waals surface area (Å²) in [5.74, 6) is 1.56. The van der Waals surface area contributed by atoms with E-state index in [1.807, 2.05) is 93.0 Å². The number of aromatic nitrogens is 4. The first kappa shape index (κ1) is 31.0. The van der Waals surface area contributed by atoms with E-state index in [4.69, 9.17) is 18.9 Å². The summed E-state index contributed by atoms with van der Waals surface area (Å²) in [6, 6.07) is 25.5. The topological polar surface area (TPSA) is 136 Å². The molecule has 0 aliphatic carbocycles. The summed E-state index contributed by atoms with van der Waals surface area (Å²) in [4.78, 5) is 30.0. The maximum Gasteiger partial charge on any atom is 0.280 e. The minimum Gasteiger partial charge on any atom is -0.497 e. The minimum atomic E-state index is -1.04. The van der Waals surface area contributed by atoms with Crippen LogP contribution in [0.3, 0.4) is 0 Å². The van der Waals surface area contributed by atoms with Crippen LogP contribution in [0.4, 0.5) is 5.95 Å². The number of H-pyrrole nitrogens is 1. The summed E-state index contributed by atoms with van der Waals surface area (Å²) in [6.45, 7) is 0.138. The highest BCUT2D eigenvalue weighted by atomic mass is 16.6. The molecular formula is C34H36N6O6. The lowest BCUT2D eigenvalue weighted by molar-refractivity contribution is -0.0851. The van der Waals surface area contributed by atoms with Crippen molar-refractivity contribution in [3.05, 3.63) is 112 Å². The third-order valence-corrected chi connectivity index (χ3v) is 7.93. The average molecular weight is 625 g/mol. The minimum absolute atomic E-state index is 0.118. The second-order valence-electron chi connectivity index (χ2n) is 11.2. The fraction of sp³-hybridized carbons (Fsp3) is 0.294. The molecule has 0 bridgehead atoms. The van der Waals surface area contributed by atoms with Crippen molar-refractivity contribution in [3.8, 4) is 11.5 Å². The van der Waals surface area contributed by atoms with Gasteiger partial charge >= 0.3 is 0 Å². The molecule has 46 heavy (non-hydrogen) atoms. The molecule has 0 saturated carbocycles. The molecule has 3 atom stereocenters. The van der Waals surface area contributed by atoms with Gasteiger partial charge in [-0.15, -0.1) is 0 Å². The summed E-state index contributed by atoms with van der Waals surface area (Å²) in [6.07, 6.45) is 1.02. The zero-order valence-electron chi connectivity index (χ0n) is 26.0. The molecule has 12 heteroatoms. The summed E-state index contributed by atoms with van der Waals surface area (Å²) >= 11 is 0. The van der Waals surface area contributed by atoms with E-state index < -0.39 is 29.6 Å². The van der Waals surface area contributed by atoms with E-state index >= 15 is 0 Å². The first-order valence-electron chi connectivity index (χ1n) is 14.8. The first-order chi connectivity index (χ1) is 22.3. The van der Waals surface area contributed by atoms with Gasteiger partial charge in [-0.25, -0.2) is 9.98 Å². The number of methoxy groups -OCH3 is 2. The van der Waals surface area contributed by atoms with E-state index in [9.17, 15) is 9.90 Å². The highest BCUT2D eigenvalue weighted by Gasteiger charge is 2.42. The van der Waals surface area contributed by atoms with Gasteiger partial charge in [0.2, 0.25) is 5.95 Å². The summed E-state index contributed by atoms with van der Waals surface area (Å²) in [7, 11) is 6.88. The number of hydrogen-bond donors (Lipinski definition) is 2. The standard InChI is InChI=1S/C34H36N6O6/c1-39(2)20-36-33-37-30-29(31(42)38-33)35-21-40(30)32-28(41)18-27(46-32)19-45-34(22-8-6-5-7-9-22,23-10-14-25(43-3)15-11-23)24-12-16-26(44-4)17-13-24/h5-17,20-21,27-28,32,41H,18-19H2,1-4H3,(H,37,38,42)/t27-,28+,32+/m0/s1. The SMILES string of the molecule is COc1ccc(C(OC[C@@H]2C[C@@H](O)[C@H](n3cnc4c(=O)[nH]c(N=CN(C)C)nc43)O2)(c2ccccc2)c2ccc(OC)cc2)cc1. The highest BCUT2D eigenvalue weighted by molar-refractivity contribution is 5.71. The van der Waals surface area contributed by atoms with E-state index in [1.165, 1.54) is 12.7 Å². The summed E-state index contributed by atoms with van der Waals surface area (Å²) < 4.78 is 25.8. The molecule has 238 valence electrons. The van der Waals surface area contributed by atoms with Gasteiger partial charge in [-0.1, -0.05) is 54.6 Å². The number of benzene rings is 3. The lowest BCUT2D eigenvalue weighted by Crippen LogP contribution is -2.35. The number of nitrogens with zero attached hydrogens (tertiary/aromatic N) is 5. The molecular weight excluding hydrogens is 588 g/mol. The molecule has 6 rings (SSSR count). The van der Waals surface area contributed by atoms with Crippen LogP contribution in [0.1, 0.15) is 29.3 Å². The Morgan fingerprint density at radius 3 is 2.20 bits per heavy atom. The van der Waals surface area contributed by atoms with Crippen LogP contribution < -0.4 is 15.0 Å². The molecule has 0 radical (unpaired) electrons. The van der Waals surface area contributed by atoms with Gasteiger partial charge in [-0.3, -0.25) is 14.3 Å². The van der Waals surface area contributed by atoms with Gasteiger partial charge in [-0.2, -0.15) is 4.98 Å². The van der Waals surface area contributed by atoms with Gasteiger partial charge < -0.3 is 29.0 Å². The van der Waals surface area contributed by atoms with E-state index in [1.54, 1.807) is 23.7 Å². The Kier molecular flexibility index (Phi) is 8.84. The van der Waals surface area contributed by atoms with Gasteiger partial charge in [0.1, 0.15) is 23.2 Å². The first-order valence-corrected chi connectivity index (χ1v) is 14.8. The summed E-state index contributed by atoms with van der Waals surface area (Å²) in [5, 5.41) is 11.2. The molecule has 1 aliphatic heterocycles. The number of rotatable bonds is 11. The number of nitrogens with one attached hydrogen (secondary N) is 1. The van der Waals surface area contributed by atoms with Crippen LogP contribution in [-0.2, 0) is 15.1 Å². The zero-order valence-corrected chi connectivity index (χ0v) is 26.0. The average Bonchev–Trinajstić information content (AvgIpc) is 3.68. The molecule has 3 aromatic carbocycles. The van der Waals surface area contributed by atoms with Crippen LogP contribution in [0, 0.1) is 0 Å². The molecule has 0 amide bonds. The van der Waals surface area contributed by atoms with Crippen molar-refractivity contribution >= 4 is 23.5 Å².